The minimum atomic E-state index is -0.0823. The summed E-state index contributed by atoms with van der Waals surface area (Å²) in [6, 6.07) is 0. The van der Waals surface area contributed by atoms with Gasteiger partial charge in [-0.15, -0.1) is 0 Å². The number of fused-ring (bicyclic) bond motifs is 2. The second-order valence-electron chi connectivity index (χ2n) is 14.6. The fourth-order valence-electron chi connectivity index (χ4n) is 11.1. The van der Waals surface area contributed by atoms with Crippen LogP contribution in [0.25, 0.3) is 0 Å². The maximum Gasteiger partial charge on any atom is 0.138 e. The maximum absolute atomic E-state index is 12.8. The highest BCUT2D eigenvalue weighted by molar-refractivity contribution is 5.86. The Bertz CT molecular complexity index is 822. The van der Waals surface area contributed by atoms with Crippen LogP contribution >= 0.6 is 0 Å². The van der Waals surface area contributed by atoms with Crippen LogP contribution in [0.4, 0.5) is 0 Å². The first-order chi connectivity index (χ1) is 14.9. The van der Waals surface area contributed by atoms with Gasteiger partial charge in [-0.1, -0.05) is 53.7 Å². The standard InChI is InChI=1S/C31H50O/c1-20(2)21(3)9-10-22(4)23-13-15-29(8)25-12-11-24-27(5,6)26(32)14-16-30(24)19-31(25,30)18-17-28(23,29)7/h21-25H,1,9-19H2,2-8H3/t21-,22-,23+,24+,25+,28-,29+,30+,31-/m1/s1. The molecule has 0 aliphatic heterocycles. The molecule has 5 saturated carbocycles. The molecule has 5 aliphatic rings. The third kappa shape index (κ3) is 2.66. The van der Waals surface area contributed by atoms with Crippen molar-refractivity contribution in [2.45, 2.75) is 119 Å². The van der Waals surface area contributed by atoms with E-state index >= 15 is 0 Å². The van der Waals surface area contributed by atoms with E-state index in [2.05, 4.69) is 55.0 Å². The van der Waals surface area contributed by atoms with Crippen LogP contribution in [-0.2, 0) is 4.79 Å². The van der Waals surface area contributed by atoms with Gasteiger partial charge in [-0.2, -0.15) is 0 Å². The summed E-state index contributed by atoms with van der Waals surface area (Å²) < 4.78 is 0. The van der Waals surface area contributed by atoms with Crippen LogP contribution in [0.2, 0.25) is 0 Å². The van der Waals surface area contributed by atoms with E-state index < -0.39 is 0 Å². The normalized spacial score (nSPS) is 50.5. The Morgan fingerprint density at radius 3 is 2.25 bits per heavy atom. The van der Waals surface area contributed by atoms with Crippen molar-refractivity contribution in [3.8, 4) is 0 Å². The molecule has 0 unspecified atom stereocenters. The van der Waals surface area contributed by atoms with E-state index in [4.69, 9.17) is 0 Å². The van der Waals surface area contributed by atoms with Crippen molar-refractivity contribution in [2.75, 3.05) is 0 Å². The van der Waals surface area contributed by atoms with Gasteiger partial charge in [0.25, 0.3) is 0 Å². The quantitative estimate of drug-likeness (QED) is 0.393. The molecule has 0 aromatic rings. The van der Waals surface area contributed by atoms with E-state index in [0.717, 1.165) is 24.2 Å². The number of carbonyl (C=O) groups excluding carboxylic acids is 1. The molecule has 0 N–H and O–H groups in total. The third-order valence-electron chi connectivity index (χ3n) is 13.5. The van der Waals surface area contributed by atoms with Crippen LogP contribution in [-0.4, -0.2) is 5.78 Å². The second kappa shape index (κ2) is 6.97. The fourth-order valence-corrected chi connectivity index (χ4v) is 11.1. The molecule has 0 aromatic carbocycles. The van der Waals surface area contributed by atoms with Gasteiger partial charge < -0.3 is 0 Å². The van der Waals surface area contributed by atoms with Gasteiger partial charge in [-0.25, -0.2) is 0 Å². The zero-order valence-corrected chi connectivity index (χ0v) is 22.3. The van der Waals surface area contributed by atoms with Gasteiger partial charge in [-0.05, 0) is 122 Å². The summed E-state index contributed by atoms with van der Waals surface area (Å²) in [5, 5.41) is 0. The van der Waals surface area contributed by atoms with Gasteiger partial charge in [0.05, 0.1) is 0 Å². The Morgan fingerprint density at radius 2 is 1.56 bits per heavy atom. The highest BCUT2D eigenvalue weighted by atomic mass is 16.1. The van der Waals surface area contributed by atoms with Crippen molar-refractivity contribution in [2.24, 2.45) is 56.7 Å². The molecule has 0 amide bonds. The number of hydrogen-bond acceptors (Lipinski definition) is 1. The predicted molar refractivity (Wildman–Crippen MR) is 134 cm³/mol. The minimum absolute atomic E-state index is 0.0823. The Morgan fingerprint density at radius 1 is 0.906 bits per heavy atom. The molecule has 0 radical (unpaired) electrons. The van der Waals surface area contributed by atoms with Gasteiger partial charge in [0.1, 0.15) is 5.78 Å². The molecule has 5 rings (SSSR count). The summed E-state index contributed by atoms with van der Waals surface area (Å²) >= 11 is 0. The van der Waals surface area contributed by atoms with E-state index in [1.165, 1.54) is 69.8 Å². The molecule has 0 aromatic heterocycles. The fraction of sp³-hybridized carbons (Fsp3) is 0.903. The van der Waals surface area contributed by atoms with Gasteiger partial charge >= 0.3 is 0 Å². The molecule has 9 atom stereocenters. The topological polar surface area (TPSA) is 17.1 Å². The molecule has 2 spiro atoms. The molecule has 1 nitrogen and oxygen atoms in total. The molecule has 0 heterocycles. The first-order valence-corrected chi connectivity index (χ1v) is 14.0. The van der Waals surface area contributed by atoms with E-state index in [0.29, 0.717) is 39.3 Å². The smallest absolute Gasteiger partial charge is 0.138 e. The molecular weight excluding hydrogens is 388 g/mol. The lowest BCUT2D eigenvalue weighted by molar-refractivity contribution is -0.157. The number of Topliss-reactive ketones (excluding diaryl/α,β-unsaturated/α-hetero) is 1. The summed E-state index contributed by atoms with van der Waals surface area (Å²) in [6.07, 6.45) is 14.7. The number of carbonyl (C=O) groups is 1. The Kier molecular flexibility index (Phi) is 5.05. The van der Waals surface area contributed by atoms with Crippen LogP contribution < -0.4 is 0 Å². The molecule has 0 bridgehead atoms. The van der Waals surface area contributed by atoms with Crippen molar-refractivity contribution < 1.29 is 4.79 Å². The number of rotatable bonds is 5. The van der Waals surface area contributed by atoms with Crippen LogP contribution in [0.1, 0.15) is 119 Å². The molecular formula is C31H50O. The SMILES string of the molecule is C=C(C)[C@H](C)CC[C@@H](C)[C@@H]1CC[C@@]2(C)[C@@H]3CC[C@H]4C(C)(C)C(=O)CC[C@]45C[C@]35CC[C@]12C. The molecule has 1 heteroatoms. The van der Waals surface area contributed by atoms with Gasteiger partial charge in [0, 0.05) is 11.8 Å². The van der Waals surface area contributed by atoms with Gasteiger partial charge in [0.15, 0.2) is 0 Å². The molecule has 180 valence electrons. The molecule has 5 aliphatic carbocycles. The maximum atomic E-state index is 12.8. The number of allylic oxidation sites excluding steroid dienone is 1. The zero-order valence-electron chi connectivity index (χ0n) is 22.3. The molecule has 5 fully saturated rings. The van der Waals surface area contributed by atoms with E-state index in [-0.39, 0.29) is 5.41 Å². The number of ketones is 1. The lowest BCUT2D eigenvalue weighted by atomic mass is 9.42. The van der Waals surface area contributed by atoms with Crippen LogP contribution in [0.15, 0.2) is 12.2 Å². The predicted octanol–water partition coefficient (Wildman–Crippen LogP) is 8.62. The monoisotopic (exact) mass is 438 g/mol. The van der Waals surface area contributed by atoms with Crippen molar-refractivity contribution in [3.63, 3.8) is 0 Å². The van der Waals surface area contributed by atoms with Crippen molar-refractivity contribution in [3.05, 3.63) is 12.2 Å². The summed E-state index contributed by atoms with van der Waals surface area (Å²) in [5.41, 5.74) is 3.37. The van der Waals surface area contributed by atoms with E-state index in [1.54, 1.807) is 0 Å². The number of hydrogen-bond donors (Lipinski definition) is 0. The van der Waals surface area contributed by atoms with Crippen molar-refractivity contribution in [1.82, 2.24) is 0 Å². The van der Waals surface area contributed by atoms with E-state index in [9.17, 15) is 4.79 Å². The minimum Gasteiger partial charge on any atom is -0.299 e. The average molecular weight is 439 g/mol. The lowest BCUT2D eigenvalue weighted by Crippen LogP contribution is -2.57. The first kappa shape index (κ1) is 23.2. The summed E-state index contributed by atoms with van der Waals surface area (Å²) in [6.45, 7) is 21.4. The van der Waals surface area contributed by atoms with Crippen LogP contribution in [0.5, 0.6) is 0 Å². The zero-order chi connectivity index (χ0) is 23.3. The largest absolute Gasteiger partial charge is 0.299 e. The van der Waals surface area contributed by atoms with Crippen molar-refractivity contribution >= 4 is 5.78 Å². The highest BCUT2D eigenvalue weighted by Gasteiger charge is 2.82. The highest BCUT2D eigenvalue weighted by Crippen LogP contribution is 2.88. The molecule has 0 saturated heterocycles. The van der Waals surface area contributed by atoms with Crippen LogP contribution in [0.3, 0.4) is 0 Å². The third-order valence-corrected chi connectivity index (χ3v) is 13.5. The first-order valence-electron chi connectivity index (χ1n) is 14.0. The van der Waals surface area contributed by atoms with Crippen molar-refractivity contribution in [1.29, 1.82) is 0 Å². The lowest BCUT2D eigenvalue weighted by Gasteiger charge is -2.62. The summed E-state index contributed by atoms with van der Waals surface area (Å²) in [4.78, 5) is 12.8. The second-order valence-corrected chi connectivity index (χ2v) is 14.6. The Labute approximate surface area is 198 Å². The molecule has 32 heavy (non-hydrogen) atoms. The average Bonchev–Trinajstić information content (AvgIpc) is 3.31. The Balaban J connectivity index is 1.39. The Hall–Kier alpha value is -0.590. The van der Waals surface area contributed by atoms with Crippen LogP contribution in [0, 0.1) is 56.7 Å². The van der Waals surface area contributed by atoms with Gasteiger partial charge in [0.2, 0.25) is 0 Å². The van der Waals surface area contributed by atoms with Gasteiger partial charge in [-0.3, -0.25) is 4.79 Å². The summed E-state index contributed by atoms with van der Waals surface area (Å²) in [7, 11) is 0. The van der Waals surface area contributed by atoms with E-state index in [1.807, 2.05) is 0 Å². The summed E-state index contributed by atoms with van der Waals surface area (Å²) in [5.74, 6) is 4.49.